The summed E-state index contributed by atoms with van der Waals surface area (Å²) in [6, 6.07) is -0.0588. The van der Waals surface area contributed by atoms with Crippen LogP contribution in [0.3, 0.4) is 0 Å². The van der Waals surface area contributed by atoms with Crippen LogP contribution in [0.2, 0.25) is 0 Å². The third-order valence-corrected chi connectivity index (χ3v) is 8.93. The minimum absolute atomic E-state index is 0.00526. The molecule has 0 aromatic heterocycles. The standard InChI is InChI=1S/C18H31NO3.C18H33NO2/c1-2-3-4-5-6-7-8-11-15(20)14-18(22)19-16-12-9-10-13-17(16)21;1-3-4-5-6-7-8-9-12-16(20)14-18(21)19-17-13-10-11-15(17)2/h16H,2-14H2,1H3,(H,19,22);15,17H,3-14H2,1-2H3,(H,19,21)/t;15-,17?/m.0/s1. The molecule has 0 bridgehead atoms. The van der Waals surface area contributed by atoms with Crippen LogP contribution in [-0.4, -0.2) is 41.2 Å². The molecule has 0 aromatic rings. The number of amides is 2. The van der Waals surface area contributed by atoms with E-state index in [-0.39, 0.29) is 48.0 Å². The maximum atomic E-state index is 11.8. The number of hydrogen-bond acceptors (Lipinski definition) is 5. The SMILES string of the molecule is CCCCCCCCCC(=O)CC(=O)NC1CCCCC1=O.CCCCCCCCCC(=O)CC(=O)NC1CCC[C@@H]1C. The van der Waals surface area contributed by atoms with Gasteiger partial charge in [-0.1, -0.05) is 111 Å². The van der Waals surface area contributed by atoms with Crippen molar-refractivity contribution in [2.24, 2.45) is 5.92 Å². The van der Waals surface area contributed by atoms with E-state index >= 15 is 0 Å². The van der Waals surface area contributed by atoms with E-state index in [1.54, 1.807) is 0 Å². The fourth-order valence-electron chi connectivity index (χ4n) is 6.09. The van der Waals surface area contributed by atoms with Crippen molar-refractivity contribution < 1.29 is 24.0 Å². The second-order valence-corrected chi connectivity index (χ2v) is 13.1. The topological polar surface area (TPSA) is 109 Å². The van der Waals surface area contributed by atoms with Crippen LogP contribution in [-0.2, 0) is 24.0 Å². The van der Waals surface area contributed by atoms with Gasteiger partial charge in [0.25, 0.3) is 0 Å². The van der Waals surface area contributed by atoms with E-state index in [9.17, 15) is 24.0 Å². The van der Waals surface area contributed by atoms with Crippen molar-refractivity contribution in [3.8, 4) is 0 Å². The van der Waals surface area contributed by atoms with Gasteiger partial charge in [0, 0.05) is 25.3 Å². The first kappa shape index (κ1) is 39.0. The molecule has 2 unspecified atom stereocenters. The number of carbonyl (C=O) groups excluding carboxylic acids is 5. The fourth-order valence-corrected chi connectivity index (χ4v) is 6.09. The summed E-state index contributed by atoms with van der Waals surface area (Å²) in [6.45, 7) is 6.60. The smallest absolute Gasteiger partial charge is 0.228 e. The van der Waals surface area contributed by atoms with Gasteiger partial charge in [-0.25, -0.2) is 0 Å². The second kappa shape index (κ2) is 25.3. The molecule has 2 aliphatic rings. The van der Waals surface area contributed by atoms with Crippen LogP contribution in [0.1, 0.15) is 181 Å². The molecule has 0 aromatic carbocycles. The average Bonchev–Trinajstić information content (AvgIpc) is 3.37. The number of ketones is 3. The van der Waals surface area contributed by atoms with Gasteiger partial charge in [-0.2, -0.15) is 0 Å². The molecule has 2 amide bonds. The largest absolute Gasteiger partial charge is 0.353 e. The highest BCUT2D eigenvalue weighted by Gasteiger charge is 2.25. The molecule has 7 nitrogen and oxygen atoms in total. The first-order valence-corrected chi connectivity index (χ1v) is 17.9. The predicted molar refractivity (Wildman–Crippen MR) is 175 cm³/mol. The van der Waals surface area contributed by atoms with Gasteiger partial charge in [-0.15, -0.1) is 0 Å². The molecule has 2 N–H and O–H groups in total. The van der Waals surface area contributed by atoms with Crippen LogP contribution in [0.15, 0.2) is 0 Å². The van der Waals surface area contributed by atoms with Crippen molar-refractivity contribution in [2.75, 3.05) is 0 Å². The Kier molecular flexibility index (Phi) is 22.9. The molecule has 2 saturated carbocycles. The molecular formula is C36H64N2O5. The molecule has 248 valence electrons. The lowest BCUT2D eigenvalue weighted by molar-refractivity contribution is -0.132. The first-order valence-electron chi connectivity index (χ1n) is 17.9. The van der Waals surface area contributed by atoms with Crippen molar-refractivity contribution in [2.45, 2.75) is 193 Å². The van der Waals surface area contributed by atoms with E-state index in [1.165, 1.54) is 77.0 Å². The minimum atomic E-state index is -0.354. The first-order chi connectivity index (χ1) is 20.8. The molecule has 0 radical (unpaired) electrons. The van der Waals surface area contributed by atoms with Gasteiger partial charge in [-0.3, -0.25) is 24.0 Å². The van der Waals surface area contributed by atoms with E-state index < -0.39 is 0 Å². The quantitative estimate of drug-likeness (QED) is 0.0958. The molecule has 0 aliphatic heterocycles. The number of carbonyl (C=O) groups is 5. The molecule has 2 fully saturated rings. The lowest BCUT2D eigenvalue weighted by Crippen LogP contribution is -2.43. The van der Waals surface area contributed by atoms with Crippen molar-refractivity contribution in [3.05, 3.63) is 0 Å². The van der Waals surface area contributed by atoms with E-state index in [1.807, 2.05) is 0 Å². The molecule has 0 heterocycles. The Labute approximate surface area is 262 Å². The van der Waals surface area contributed by atoms with Crippen molar-refractivity contribution in [1.82, 2.24) is 10.6 Å². The summed E-state index contributed by atoms with van der Waals surface area (Å²) >= 11 is 0. The minimum Gasteiger partial charge on any atom is -0.353 e. The van der Waals surface area contributed by atoms with Crippen LogP contribution in [0.25, 0.3) is 0 Å². The van der Waals surface area contributed by atoms with Crippen LogP contribution in [0, 0.1) is 5.92 Å². The average molecular weight is 605 g/mol. The van der Waals surface area contributed by atoms with Gasteiger partial charge >= 0.3 is 0 Å². The summed E-state index contributed by atoms with van der Waals surface area (Å²) in [6.07, 6.45) is 24.3. The molecule has 0 saturated heterocycles. The molecule has 43 heavy (non-hydrogen) atoms. The molecule has 7 heteroatoms. The summed E-state index contributed by atoms with van der Waals surface area (Å²) in [5.74, 6) is 0.419. The Morgan fingerprint density at radius 2 is 1.09 bits per heavy atom. The lowest BCUT2D eigenvalue weighted by Gasteiger charge is -2.21. The monoisotopic (exact) mass is 604 g/mol. The molecule has 0 spiro atoms. The summed E-state index contributed by atoms with van der Waals surface area (Å²) < 4.78 is 0. The Bertz CT molecular complexity index is 811. The highest BCUT2D eigenvalue weighted by molar-refractivity contribution is 6.00. The van der Waals surface area contributed by atoms with Gasteiger partial charge in [0.1, 0.15) is 11.6 Å². The van der Waals surface area contributed by atoms with Crippen molar-refractivity contribution in [3.63, 3.8) is 0 Å². The maximum absolute atomic E-state index is 11.8. The Hall–Kier alpha value is -2.05. The molecule has 2 rings (SSSR count). The van der Waals surface area contributed by atoms with Gasteiger partial charge in [0.05, 0.1) is 18.9 Å². The van der Waals surface area contributed by atoms with Crippen LogP contribution in [0.4, 0.5) is 0 Å². The van der Waals surface area contributed by atoms with Gasteiger partial charge in [-0.05, 0) is 44.4 Å². The predicted octanol–water partition coefficient (Wildman–Crippen LogP) is 8.11. The van der Waals surface area contributed by atoms with Crippen LogP contribution in [0.5, 0.6) is 0 Å². The summed E-state index contributed by atoms with van der Waals surface area (Å²) in [4.78, 5) is 58.8. The third-order valence-electron chi connectivity index (χ3n) is 8.93. The Morgan fingerprint density at radius 3 is 1.56 bits per heavy atom. The number of rotatable bonds is 22. The maximum Gasteiger partial charge on any atom is 0.228 e. The summed E-state index contributed by atoms with van der Waals surface area (Å²) in [7, 11) is 0. The van der Waals surface area contributed by atoms with Crippen LogP contribution >= 0.6 is 0 Å². The molecular weight excluding hydrogens is 540 g/mol. The highest BCUT2D eigenvalue weighted by Crippen LogP contribution is 2.24. The zero-order valence-electron chi connectivity index (χ0n) is 28.0. The fraction of sp³-hybridized carbons (Fsp3) is 0.861. The van der Waals surface area contributed by atoms with E-state index in [4.69, 9.17) is 0 Å². The van der Waals surface area contributed by atoms with Crippen molar-refractivity contribution in [1.29, 1.82) is 0 Å². The molecule has 3 atom stereocenters. The third kappa shape index (κ3) is 20.5. The van der Waals surface area contributed by atoms with E-state index in [2.05, 4.69) is 31.4 Å². The van der Waals surface area contributed by atoms with Gasteiger partial charge in [0.15, 0.2) is 5.78 Å². The lowest BCUT2D eigenvalue weighted by atomic mass is 9.94. The number of Topliss-reactive ketones (excluding diaryl/α,β-unsaturated/α-hetero) is 3. The number of hydrogen-bond donors (Lipinski definition) is 2. The highest BCUT2D eigenvalue weighted by atomic mass is 16.2. The number of unbranched alkanes of at least 4 members (excludes halogenated alkanes) is 12. The summed E-state index contributed by atoms with van der Waals surface area (Å²) in [5.41, 5.74) is 0. The Morgan fingerprint density at radius 1 is 0.605 bits per heavy atom. The van der Waals surface area contributed by atoms with Gasteiger partial charge in [0.2, 0.25) is 11.8 Å². The second-order valence-electron chi connectivity index (χ2n) is 13.1. The van der Waals surface area contributed by atoms with E-state index in [0.717, 1.165) is 51.4 Å². The normalized spacial score (nSPS) is 19.8. The zero-order valence-corrected chi connectivity index (χ0v) is 28.0. The van der Waals surface area contributed by atoms with E-state index in [0.29, 0.717) is 31.2 Å². The summed E-state index contributed by atoms with van der Waals surface area (Å²) in [5, 5.41) is 5.74. The van der Waals surface area contributed by atoms with Crippen molar-refractivity contribution >= 4 is 29.2 Å². The van der Waals surface area contributed by atoms with Gasteiger partial charge < -0.3 is 10.6 Å². The number of nitrogens with one attached hydrogen (secondary N) is 2. The Balaban J connectivity index is 0.000000430. The van der Waals surface area contributed by atoms with Crippen LogP contribution < -0.4 is 10.6 Å². The molecule has 2 aliphatic carbocycles. The zero-order chi connectivity index (χ0) is 31.7.